The number of carbonyl (C=O) groups excluding carboxylic acids is 1. The van der Waals surface area contributed by atoms with Crippen molar-refractivity contribution in [1.82, 2.24) is 0 Å². The quantitative estimate of drug-likeness (QED) is 0.417. The molecular formula is C8H8LiNO5S. The fourth-order valence-electron chi connectivity index (χ4n) is 1.16. The fourth-order valence-corrected chi connectivity index (χ4v) is 1.93. The number of primary amides is 1. The van der Waals surface area contributed by atoms with Gasteiger partial charge in [0, 0.05) is 0 Å². The molecule has 0 aliphatic rings. The Labute approximate surface area is 104 Å². The Morgan fingerprint density at radius 1 is 1.44 bits per heavy atom. The second-order valence-electron chi connectivity index (χ2n) is 2.87. The van der Waals surface area contributed by atoms with E-state index in [1.807, 2.05) is 0 Å². The van der Waals surface area contributed by atoms with Crippen LogP contribution in [0.25, 0.3) is 0 Å². The molecule has 0 fully saturated rings. The average Bonchev–Trinajstić information content (AvgIpc) is 1.99. The first-order valence-corrected chi connectivity index (χ1v) is 5.32. The summed E-state index contributed by atoms with van der Waals surface area (Å²) in [4.78, 5) is 10.8. The van der Waals surface area contributed by atoms with Crippen molar-refractivity contribution >= 4 is 16.0 Å². The van der Waals surface area contributed by atoms with Crippen LogP contribution in [0.2, 0.25) is 0 Å². The summed E-state index contributed by atoms with van der Waals surface area (Å²) in [6.07, 6.45) is 0. The van der Waals surface area contributed by atoms with Gasteiger partial charge in [-0.2, -0.15) is 0 Å². The Bertz CT molecular complexity index is 487. The summed E-state index contributed by atoms with van der Waals surface area (Å²) in [5, 5.41) is 7.09. The van der Waals surface area contributed by atoms with Crippen molar-refractivity contribution in [2.45, 2.75) is 5.25 Å². The summed E-state index contributed by atoms with van der Waals surface area (Å²) >= 11 is 0. The summed E-state index contributed by atoms with van der Waals surface area (Å²) in [6, 6.07) is 4.82. The molecule has 1 aromatic carbocycles. The molecule has 1 rings (SSSR count). The van der Waals surface area contributed by atoms with Crippen molar-refractivity contribution in [3.8, 4) is 5.75 Å². The smallest absolute Gasteiger partial charge is 0.747 e. The van der Waals surface area contributed by atoms with Crippen molar-refractivity contribution in [1.29, 1.82) is 0 Å². The molecule has 3 N–H and O–H groups in total. The van der Waals surface area contributed by atoms with Gasteiger partial charge in [0.2, 0.25) is 5.91 Å². The van der Waals surface area contributed by atoms with Crippen LogP contribution in [-0.2, 0) is 14.9 Å². The monoisotopic (exact) mass is 237 g/mol. The zero-order chi connectivity index (χ0) is 11.6. The third-order valence-electron chi connectivity index (χ3n) is 1.72. The summed E-state index contributed by atoms with van der Waals surface area (Å²) in [5.41, 5.74) is 4.66. The predicted octanol–water partition coefficient (Wildman–Crippen LogP) is -3.53. The van der Waals surface area contributed by atoms with Crippen molar-refractivity contribution in [2.24, 2.45) is 5.73 Å². The van der Waals surface area contributed by atoms with Gasteiger partial charge in [-0.3, -0.25) is 4.79 Å². The fraction of sp³-hybridized carbons (Fsp3) is 0.125. The summed E-state index contributed by atoms with van der Waals surface area (Å²) < 4.78 is 32.2. The Balaban J connectivity index is 0.00000225. The molecule has 0 saturated carbocycles. The third kappa shape index (κ3) is 3.54. The van der Waals surface area contributed by atoms with E-state index >= 15 is 0 Å². The van der Waals surface area contributed by atoms with Gasteiger partial charge in [0.1, 0.15) is 15.9 Å². The molecule has 1 unspecified atom stereocenters. The van der Waals surface area contributed by atoms with E-state index in [4.69, 9.17) is 10.8 Å². The molecule has 0 aliphatic heterocycles. The van der Waals surface area contributed by atoms with Crippen LogP contribution in [0.5, 0.6) is 5.75 Å². The maximum atomic E-state index is 10.8. The largest absolute Gasteiger partial charge is 1.00 e. The molecule has 0 spiro atoms. The molecule has 0 aliphatic carbocycles. The number of amides is 1. The summed E-state index contributed by atoms with van der Waals surface area (Å²) in [6.45, 7) is 0. The molecule has 0 saturated heterocycles. The van der Waals surface area contributed by atoms with E-state index in [2.05, 4.69) is 0 Å². The molecule has 1 amide bonds. The first kappa shape index (κ1) is 15.0. The van der Waals surface area contributed by atoms with Gasteiger partial charge in [0.15, 0.2) is 5.25 Å². The first-order valence-electron chi connectivity index (χ1n) is 3.85. The van der Waals surface area contributed by atoms with Gasteiger partial charge in [-0.1, -0.05) is 12.1 Å². The molecular weight excluding hydrogens is 229 g/mol. The van der Waals surface area contributed by atoms with Gasteiger partial charge in [0.05, 0.1) is 0 Å². The Kier molecular flexibility index (Phi) is 5.03. The molecule has 0 heterocycles. The molecule has 16 heavy (non-hydrogen) atoms. The van der Waals surface area contributed by atoms with Crippen molar-refractivity contribution in [2.75, 3.05) is 0 Å². The maximum Gasteiger partial charge on any atom is 1.00 e. The van der Waals surface area contributed by atoms with Crippen molar-refractivity contribution in [3.63, 3.8) is 0 Å². The van der Waals surface area contributed by atoms with Gasteiger partial charge < -0.3 is 15.4 Å². The third-order valence-corrected chi connectivity index (χ3v) is 2.80. The van der Waals surface area contributed by atoms with E-state index in [9.17, 15) is 17.8 Å². The number of rotatable bonds is 3. The summed E-state index contributed by atoms with van der Waals surface area (Å²) in [7, 11) is -4.87. The number of hydrogen-bond donors (Lipinski definition) is 2. The number of benzene rings is 1. The van der Waals surface area contributed by atoms with E-state index in [-0.39, 0.29) is 30.2 Å². The van der Waals surface area contributed by atoms with E-state index in [1.54, 1.807) is 0 Å². The second-order valence-corrected chi connectivity index (χ2v) is 4.33. The molecule has 1 atom stereocenters. The molecule has 0 bridgehead atoms. The van der Waals surface area contributed by atoms with Crippen LogP contribution >= 0.6 is 0 Å². The number of hydrogen-bond acceptors (Lipinski definition) is 5. The Hall–Kier alpha value is -1.00. The van der Waals surface area contributed by atoms with Crippen molar-refractivity contribution in [3.05, 3.63) is 29.8 Å². The van der Waals surface area contributed by atoms with Crippen LogP contribution in [0.15, 0.2) is 24.3 Å². The molecule has 82 valence electrons. The first-order chi connectivity index (χ1) is 6.82. The number of carbonyl (C=O) groups is 1. The van der Waals surface area contributed by atoms with Crippen molar-refractivity contribution < 1.29 is 41.7 Å². The molecule has 0 radical (unpaired) electrons. The topological polar surface area (TPSA) is 121 Å². The van der Waals surface area contributed by atoms with Crippen LogP contribution in [0, 0.1) is 0 Å². The maximum absolute atomic E-state index is 10.8. The number of phenols is 1. The minimum Gasteiger partial charge on any atom is -0.747 e. The number of aromatic hydroxyl groups is 1. The Morgan fingerprint density at radius 2 is 2.00 bits per heavy atom. The van der Waals surface area contributed by atoms with E-state index < -0.39 is 21.3 Å². The Morgan fingerprint density at radius 3 is 2.38 bits per heavy atom. The molecule has 0 aromatic heterocycles. The minimum absolute atomic E-state index is 0. The normalized spacial score (nSPS) is 12.6. The molecule has 1 aromatic rings. The standard InChI is InChI=1S/C8H9NO5S.Li/c9-8(11)7(15(12,13)14)5-2-1-3-6(10)4-5;/h1-4,7,10H,(H2,9,11)(H,12,13,14);/q;+1/p-1. The molecule has 6 nitrogen and oxygen atoms in total. The van der Waals surface area contributed by atoms with Gasteiger partial charge >= 0.3 is 18.9 Å². The number of phenolic OH excluding ortho intramolecular Hbond substituents is 1. The van der Waals surface area contributed by atoms with Gasteiger partial charge in [0.25, 0.3) is 0 Å². The zero-order valence-electron chi connectivity index (χ0n) is 8.45. The zero-order valence-corrected chi connectivity index (χ0v) is 9.27. The predicted molar refractivity (Wildman–Crippen MR) is 49.7 cm³/mol. The average molecular weight is 237 g/mol. The van der Waals surface area contributed by atoms with Crippen LogP contribution in [0.1, 0.15) is 10.8 Å². The minimum atomic E-state index is -4.87. The summed E-state index contributed by atoms with van der Waals surface area (Å²) in [5.74, 6) is -1.52. The second kappa shape index (κ2) is 5.36. The van der Waals surface area contributed by atoms with Crippen LogP contribution < -0.4 is 24.6 Å². The van der Waals surface area contributed by atoms with E-state index in [1.165, 1.54) is 18.2 Å². The van der Waals surface area contributed by atoms with Crippen LogP contribution in [-0.4, -0.2) is 24.0 Å². The van der Waals surface area contributed by atoms with Gasteiger partial charge in [-0.05, 0) is 17.7 Å². The number of nitrogens with two attached hydrogens (primary N) is 1. The van der Waals surface area contributed by atoms with Crippen LogP contribution in [0.3, 0.4) is 0 Å². The van der Waals surface area contributed by atoms with Gasteiger partial charge in [-0.25, -0.2) is 8.42 Å². The van der Waals surface area contributed by atoms with E-state index in [0.29, 0.717) is 0 Å². The van der Waals surface area contributed by atoms with E-state index in [0.717, 1.165) is 6.07 Å². The SMILES string of the molecule is NC(=O)C(c1cccc(O)c1)S(=O)(=O)[O-].[Li+]. The van der Waals surface area contributed by atoms with Gasteiger partial charge in [-0.15, -0.1) is 0 Å². The van der Waals surface area contributed by atoms with Crippen LogP contribution in [0.4, 0.5) is 0 Å². The molecule has 8 heteroatoms.